The fourth-order valence-corrected chi connectivity index (χ4v) is 3.88. The largest absolute Gasteiger partial charge is 0.364 e. The topological polar surface area (TPSA) is 53.9 Å². The predicted molar refractivity (Wildman–Crippen MR) is 116 cm³/mol. The Bertz CT molecular complexity index is 959. The van der Waals surface area contributed by atoms with Gasteiger partial charge < -0.3 is 10.2 Å². The molecule has 0 saturated carbocycles. The second kappa shape index (κ2) is 7.47. The van der Waals surface area contributed by atoms with Crippen molar-refractivity contribution in [1.29, 1.82) is 0 Å². The molecule has 1 unspecified atom stereocenters. The van der Waals surface area contributed by atoms with E-state index in [4.69, 9.17) is 0 Å². The Labute approximate surface area is 167 Å². The zero-order valence-corrected chi connectivity index (χ0v) is 17.2. The molecule has 3 aromatic rings. The van der Waals surface area contributed by atoms with Crippen LogP contribution in [0.2, 0.25) is 0 Å². The molecule has 3 heterocycles. The number of hydrogen-bond donors (Lipinski definition) is 1. The van der Waals surface area contributed by atoms with Crippen LogP contribution in [0.25, 0.3) is 22.0 Å². The van der Waals surface area contributed by atoms with E-state index in [0.717, 1.165) is 40.1 Å². The number of rotatable bonds is 3. The second-order valence-corrected chi connectivity index (χ2v) is 8.87. The first-order valence-corrected chi connectivity index (χ1v) is 10.1. The molecule has 2 aromatic heterocycles. The van der Waals surface area contributed by atoms with Crippen LogP contribution < -0.4 is 5.32 Å². The molecule has 1 fully saturated rings. The minimum atomic E-state index is 0.0349. The molecule has 1 N–H and O–H groups in total. The molecule has 1 aliphatic rings. The van der Waals surface area contributed by atoms with Crippen LogP contribution >= 0.6 is 0 Å². The molecule has 0 spiro atoms. The first-order valence-electron chi connectivity index (χ1n) is 10.1. The summed E-state index contributed by atoms with van der Waals surface area (Å²) in [7, 11) is 2.18. The van der Waals surface area contributed by atoms with E-state index in [-0.39, 0.29) is 5.41 Å². The second-order valence-electron chi connectivity index (χ2n) is 8.87. The number of nitrogens with one attached hydrogen (secondary N) is 1. The van der Waals surface area contributed by atoms with Crippen molar-refractivity contribution in [2.75, 3.05) is 25.5 Å². The molecule has 0 bridgehead atoms. The van der Waals surface area contributed by atoms with E-state index in [2.05, 4.69) is 89.6 Å². The normalized spacial score (nSPS) is 18.4. The summed E-state index contributed by atoms with van der Waals surface area (Å²) in [5.41, 5.74) is 3.00. The van der Waals surface area contributed by atoms with Crippen molar-refractivity contribution in [3.05, 3.63) is 48.3 Å². The zero-order valence-electron chi connectivity index (χ0n) is 17.2. The summed E-state index contributed by atoms with van der Waals surface area (Å²) in [5, 5.41) is 15.0. The van der Waals surface area contributed by atoms with Crippen LogP contribution in [-0.2, 0) is 5.41 Å². The van der Waals surface area contributed by atoms with Gasteiger partial charge in [0, 0.05) is 46.2 Å². The van der Waals surface area contributed by atoms with Crippen molar-refractivity contribution in [3.8, 4) is 11.3 Å². The Balaban J connectivity index is 1.69. The van der Waals surface area contributed by atoms with E-state index in [1.54, 1.807) is 0 Å². The SMILES string of the molecule is CN1CCCC(Nc2nnc(-c3ccc(C(C)(C)C)nc3)c3ccccc23)C1. The number of benzene rings is 1. The molecule has 146 valence electrons. The van der Waals surface area contributed by atoms with Gasteiger partial charge in [0.05, 0.1) is 0 Å². The van der Waals surface area contributed by atoms with Gasteiger partial charge in [0.15, 0.2) is 5.82 Å². The van der Waals surface area contributed by atoms with Crippen molar-refractivity contribution in [1.82, 2.24) is 20.1 Å². The Morgan fingerprint density at radius 3 is 2.50 bits per heavy atom. The van der Waals surface area contributed by atoms with Crippen molar-refractivity contribution < 1.29 is 0 Å². The Morgan fingerprint density at radius 1 is 1.04 bits per heavy atom. The summed E-state index contributed by atoms with van der Waals surface area (Å²) < 4.78 is 0. The van der Waals surface area contributed by atoms with Crippen molar-refractivity contribution >= 4 is 16.6 Å². The molecule has 4 rings (SSSR count). The number of pyridine rings is 1. The highest BCUT2D eigenvalue weighted by Gasteiger charge is 2.20. The van der Waals surface area contributed by atoms with Gasteiger partial charge in [0.25, 0.3) is 0 Å². The monoisotopic (exact) mass is 375 g/mol. The average Bonchev–Trinajstić information content (AvgIpc) is 2.68. The summed E-state index contributed by atoms with van der Waals surface area (Å²) in [5.74, 6) is 0.874. The molecule has 1 aromatic carbocycles. The maximum atomic E-state index is 4.67. The van der Waals surface area contributed by atoms with E-state index in [0.29, 0.717) is 6.04 Å². The minimum Gasteiger partial charge on any atom is -0.364 e. The van der Waals surface area contributed by atoms with E-state index in [9.17, 15) is 0 Å². The minimum absolute atomic E-state index is 0.0349. The number of piperidine rings is 1. The first kappa shape index (κ1) is 18.8. The van der Waals surface area contributed by atoms with E-state index in [1.165, 1.54) is 19.4 Å². The van der Waals surface area contributed by atoms with Crippen molar-refractivity contribution in [2.45, 2.75) is 45.1 Å². The van der Waals surface area contributed by atoms with Crippen molar-refractivity contribution in [3.63, 3.8) is 0 Å². The van der Waals surface area contributed by atoms with Gasteiger partial charge in [-0.25, -0.2) is 0 Å². The standard InChI is InChI=1S/C23H29N5/c1-23(2,3)20-12-11-16(14-24-20)21-18-9-5-6-10-19(18)22(27-26-21)25-17-8-7-13-28(4)15-17/h5-6,9-12,14,17H,7-8,13,15H2,1-4H3,(H,25,27). The Kier molecular flexibility index (Phi) is 5.02. The Morgan fingerprint density at radius 2 is 1.82 bits per heavy atom. The van der Waals surface area contributed by atoms with Gasteiger partial charge in [-0.15, -0.1) is 10.2 Å². The molecule has 5 nitrogen and oxygen atoms in total. The lowest BCUT2D eigenvalue weighted by atomic mass is 9.91. The lowest BCUT2D eigenvalue weighted by molar-refractivity contribution is 0.261. The number of nitrogens with zero attached hydrogens (tertiary/aromatic N) is 4. The summed E-state index contributed by atoms with van der Waals surface area (Å²) in [4.78, 5) is 7.04. The maximum Gasteiger partial charge on any atom is 0.156 e. The van der Waals surface area contributed by atoms with Gasteiger partial charge in [-0.2, -0.15) is 0 Å². The molecule has 1 atom stereocenters. The van der Waals surface area contributed by atoms with E-state index >= 15 is 0 Å². The fraction of sp³-hybridized carbons (Fsp3) is 0.435. The molecule has 0 amide bonds. The fourth-order valence-electron chi connectivity index (χ4n) is 3.88. The average molecular weight is 376 g/mol. The number of likely N-dealkylation sites (N-methyl/N-ethyl adjacent to an activating group) is 1. The van der Waals surface area contributed by atoms with Crippen molar-refractivity contribution in [2.24, 2.45) is 0 Å². The van der Waals surface area contributed by atoms with Crippen LogP contribution in [0.4, 0.5) is 5.82 Å². The molecule has 1 aliphatic heterocycles. The summed E-state index contributed by atoms with van der Waals surface area (Å²) >= 11 is 0. The molecule has 0 aliphatic carbocycles. The Hall–Kier alpha value is -2.53. The molecule has 5 heteroatoms. The third kappa shape index (κ3) is 3.85. The smallest absolute Gasteiger partial charge is 0.156 e. The van der Waals surface area contributed by atoms with E-state index < -0.39 is 0 Å². The predicted octanol–water partition coefficient (Wildman–Crippen LogP) is 4.50. The van der Waals surface area contributed by atoms with Gasteiger partial charge >= 0.3 is 0 Å². The van der Waals surface area contributed by atoms with Gasteiger partial charge in [-0.05, 0) is 38.6 Å². The lowest BCUT2D eigenvalue weighted by Gasteiger charge is -2.30. The quantitative estimate of drug-likeness (QED) is 0.731. The number of anilines is 1. The molecule has 0 radical (unpaired) electrons. The highest BCUT2D eigenvalue weighted by Crippen LogP contribution is 2.31. The van der Waals surface area contributed by atoms with Crippen LogP contribution in [-0.4, -0.2) is 46.3 Å². The third-order valence-electron chi connectivity index (χ3n) is 5.46. The summed E-state index contributed by atoms with van der Waals surface area (Å²) in [6.07, 6.45) is 4.30. The number of fused-ring (bicyclic) bond motifs is 1. The van der Waals surface area contributed by atoms with Crippen LogP contribution in [0.1, 0.15) is 39.3 Å². The summed E-state index contributed by atoms with van der Waals surface area (Å²) in [6, 6.07) is 13.0. The highest BCUT2D eigenvalue weighted by molar-refractivity contribution is 5.99. The molecular formula is C23H29N5. The molecule has 1 saturated heterocycles. The van der Waals surface area contributed by atoms with Crippen LogP contribution in [0.15, 0.2) is 42.6 Å². The van der Waals surface area contributed by atoms with Gasteiger partial charge in [-0.1, -0.05) is 45.0 Å². The molecular weight excluding hydrogens is 346 g/mol. The van der Waals surface area contributed by atoms with Gasteiger partial charge in [-0.3, -0.25) is 4.98 Å². The third-order valence-corrected chi connectivity index (χ3v) is 5.46. The first-order chi connectivity index (χ1) is 13.4. The van der Waals surface area contributed by atoms with E-state index in [1.807, 2.05) is 6.20 Å². The number of hydrogen-bond acceptors (Lipinski definition) is 5. The zero-order chi connectivity index (χ0) is 19.7. The van der Waals surface area contributed by atoms with Gasteiger partial charge in [0.2, 0.25) is 0 Å². The van der Waals surface area contributed by atoms with Crippen LogP contribution in [0.5, 0.6) is 0 Å². The molecule has 28 heavy (non-hydrogen) atoms. The lowest BCUT2D eigenvalue weighted by Crippen LogP contribution is -2.40. The highest BCUT2D eigenvalue weighted by atomic mass is 15.2. The summed E-state index contributed by atoms with van der Waals surface area (Å²) in [6.45, 7) is 8.73. The van der Waals surface area contributed by atoms with Crippen LogP contribution in [0, 0.1) is 0 Å². The van der Waals surface area contributed by atoms with Crippen LogP contribution in [0.3, 0.4) is 0 Å². The number of likely N-dealkylation sites (tertiary alicyclic amines) is 1. The maximum absolute atomic E-state index is 4.67. The number of aromatic nitrogens is 3. The van der Waals surface area contributed by atoms with Gasteiger partial charge in [0.1, 0.15) is 5.69 Å².